The Morgan fingerprint density at radius 1 is 1.22 bits per heavy atom. The van der Waals surface area contributed by atoms with E-state index >= 15 is 0 Å². The van der Waals surface area contributed by atoms with Crippen molar-refractivity contribution in [2.75, 3.05) is 13.1 Å². The number of amides is 2. The summed E-state index contributed by atoms with van der Waals surface area (Å²) >= 11 is 0. The summed E-state index contributed by atoms with van der Waals surface area (Å²) < 4.78 is 7.02. The number of nitrogens with one attached hydrogen (secondary N) is 2. The first kappa shape index (κ1) is 19.0. The molecule has 1 aromatic heterocycles. The van der Waals surface area contributed by atoms with Crippen molar-refractivity contribution in [3.63, 3.8) is 0 Å². The molecular formula is C16H28N4O3. The second kappa shape index (κ2) is 8.55. The van der Waals surface area contributed by atoms with Crippen LogP contribution in [0, 0.1) is 13.8 Å². The third-order valence-electron chi connectivity index (χ3n) is 2.99. The van der Waals surface area contributed by atoms with E-state index in [1.807, 2.05) is 24.6 Å². The molecule has 1 heterocycles. The number of aromatic nitrogens is 2. The number of carbonyl (C=O) groups excluding carboxylic acids is 2. The van der Waals surface area contributed by atoms with Crippen LogP contribution in [0.3, 0.4) is 0 Å². The van der Waals surface area contributed by atoms with Gasteiger partial charge in [-0.25, -0.2) is 4.79 Å². The molecule has 0 aliphatic carbocycles. The number of alkyl carbamates (subject to hydrolysis) is 1. The van der Waals surface area contributed by atoms with Gasteiger partial charge in [0.1, 0.15) is 5.60 Å². The minimum absolute atomic E-state index is 0.0885. The number of carbonyl (C=O) groups is 2. The maximum atomic E-state index is 11.7. The van der Waals surface area contributed by atoms with Crippen LogP contribution in [-0.4, -0.2) is 40.5 Å². The fourth-order valence-corrected chi connectivity index (χ4v) is 2.04. The Bertz CT molecular complexity index is 532. The summed E-state index contributed by atoms with van der Waals surface area (Å²) in [6.45, 7) is 11.0. The molecule has 0 unspecified atom stereocenters. The number of rotatable bonds is 7. The molecule has 7 heteroatoms. The van der Waals surface area contributed by atoms with Crippen LogP contribution in [0.15, 0.2) is 6.07 Å². The zero-order valence-electron chi connectivity index (χ0n) is 14.7. The number of aryl methyl sites for hydroxylation is 3. The van der Waals surface area contributed by atoms with E-state index in [4.69, 9.17) is 4.74 Å². The van der Waals surface area contributed by atoms with E-state index < -0.39 is 11.7 Å². The third-order valence-corrected chi connectivity index (χ3v) is 2.99. The molecule has 7 nitrogen and oxygen atoms in total. The highest BCUT2D eigenvalue weighted by molar-refractivity contribution is 5.76. The van der Waals surface area contributed by atoms with Gasteiger partial charge in [0.05, 0.1) is 5.69 Å². The smallest absolute Gasteiger partial charge is 0.407 e. The molecule has 0 aliphatic heterocycles. The molecule has 0 aliphatic rings. The van der Waals surface area contributed by atoms with Crippen LogP contribution in [-0.2, 0) is 16.1 Å². The molecule has 130 valence electrons. The summed E-state index contributed by atoms with van der Waals surface area (Å²) in [7, 11) is 0. The summed E-state index contributed by atoms with van der Waals surface area (Å²) in [6.07, 6.45) is 0.543. The average molecular weight is 324 g/mol. The summed E-state index contributed by atoms with van der Waals surface area (Å²) in [5.74, 6) is -0.0885. The first-order valence-electron chi connectivity index (χ1n) is 7.92. The Morgan fingerprint density at radius 3 is 2.48 bits per heavy atom. The molecule has 0 fully saturated rings. The highest BCUT2D eigenvalue weighted by Gasteiger charge is 2.15. The quantitative estimate of drug-likeness (QED) is 0.750. The number of hydrogen-bond donors (Lipinski definition) is 2. The van der Waals surface area contributed by atoms with E-state index in [2.05, 4.69) is 15.7 Å². The normalized spacial score (nSPS) is 11.2. The van der Waals surface area contributed by atoms with Gasteiger partial charge in [0.15, 0.2) is 0 Å². The van der Waals surface area contributed by atoms with Crippen molar-refractivity contribution >= 4 is 12.0 Å². The second-order valence-corrected chi connectivity index (χ2v) is 6.53. The monoisotopic (exact) mass is 324 g/mol. The topological polar surface area (TPSA) is 85.2 Å². The largest absolute Gasteiger partial charge is 0.444 e. The standard InChI is InChI=1S/C16H28N4O3/c1-12-11-13(2)20(19-12)10-6-8-17-14(21)7-9-18-15(22)23-16(3,4)5/h11H,6-10H2,1-5H3,(H,17,21)(H,18,22). The average Bonchev–Trinajstić information content (AvgIpc) is 2.71. The van der Waals surface area contributed by atoms with Crippen molar-refractivity contribution in [1.82, 2.24) is 20.4 Å². The summed E-state index contributed by atoms with van der Waals surface area (Å²) in [5.41, 5.74) is 1.59. The molecule has 1 aromatic rings. The molecule has 0 bridgehead atoms. The second-order valence-electron chi connectivity index (χ2n) is 6.53. The Labute approximate surface area is 137 Å². The third kappa shape index (κ3) is 8.23. The van der Waals surface area contributed by atoms with Crippen LogP contribution in [0.25, 0.3) is 0 Å². The molecule has 2 amide bonds. The van der Waals surface area contributed by atoms with Crippen molar-refractivity contribution in [3.05, 3.63) is 17.5 Å². The molecule has 0 saturated carbocycles. The number of ether oxygens (including phenoxy) is 1. The van der Waals surface area contributed by atoms with Gasteiger partial charge in [-0.15, -0.1) is 0 Å². The lowest BCUT2D eigenvalue weighted by Gasteiger charge is -2.19. The predicted molar refractivity (Wildman–Crippen MR) is 88.2 cm³/mol. The lowest BCUT2D eigenvalue weighted by molar-refractivity contribution is -0.120. The van der Waals surface area contributed by atoms with Gasteiger partial charge >= 0.3 is 6.09 Å². The molecule has 0 spiro atoms. The van der Waals surface area contributed by atoms with Gasteiger partial charge in [-0.3, -0.25) is 9.48 Å². The van der Waals surface area contributed by atoms with Gasteiger partial charge in [-0.05, 0) is 47.1 Å². The Balaban J connectivity index is 2.11. The Hall–Kier alpha value is -2.05. The van der Waals surface area contributed by atoms with Crippen molar-refractivity contribution in [1.29, 1.82) is 0 Å². The molecule has 23 heavy (non-hydrogen) atoms. The SMILES string of the molecule is Cc1cc(C)n(CCCNC(=O)CCNC(=O)OC(C)(C)C)n1. The maximum absolute atomic E-state index is 11.7. The van der Waals surface area contributed by atoms with E-state index in [1.54, 1.807) is 20.8 Å². The van der Waals surface area contributed by atoms with E-state index in [9.17, 15) is 9.59 Å². The molecule has 2 N–H and O–H groups in total. The fraction of sp³-hybridized carbons (Fsp3) is 0.688. The van der Waals surface area contributed by atoms with Gasteiger partial charge in [0, 0.05) is 31.7 Å². The predicted octanol–water partition coefficient (Wildman–Crippen LogP) is 1.92. The molecule has 1 rings (SSSR count). The number of nitrogens with zero attached hydrogens (tertiary/aromatic N) is 2. The lowest BCUT2D eigenvalue weighted by atomic mass is 10.2. The molecule has 0 saturated heterocycles. The van der Waals surface area contributed by atoms with Gasteiger partial charge in [0.25, 0.3) is 0 Å². The van der Waals surface area contributed by atoms with E-state index in [1.165, 1.54) is 0 Å². The Morgan fingerprint density at radius 2 is 1.91 bits per heavy atom. The zero-order valence-corrected chi connectivity index (χ0v) is 14.7. The fourth-order valence-electron chi connectivity index (χ4n) is 2.04. The summed E-state index contributed by atoms with van der Waals surface area (Å²) in [5, 5.41) is 9.76. The minimum Gasteiger partial charge on any atom is -0.444 e. The van der Waals surface area contributed by atoms with E-state index in [0.717, 1.165) is 24.4 Å². The highest BCUT2D eigenvalue weighted by atomic mass is 16.6. The van der Waals surface area contributed by atoms with Crippen molar-refractivity contribution in [2.24, 2.45) is 0 Å². The summed E-state index contributed by atoms with van der Waals surface area (Å²) in [4.78, 5) is 23.1. The zero-order chi connectivity index (χ0) is 17.5. The Kier molecular flexibility index (Phi) is 7.06. The van der Waals surface area contributed by atoms with E-state index in [-0.39, 0.29) is 18.9 Å². The number of hydrogen-bond acceptors (Lipinski definition) is 4. The maximum Gasteiger partial charge on any atom is 0.407 e. The lowest BCUT2D eigenvalue weighted by Crippen LogP contribution is -2.35. The van der Waals surface area contributed by atoms with Crippen LogP contribution >= 0.6 is 0 Å². The van der Waals surface area contributed by atoms with Crippen LogP contribution in [0.4, 0.5) is 4.79 Å². The van der Waals surface area contributed by atoms with Crippen LogP contribution in [0.5, 0.6) is 0 Å². The van der Waals surface area contributed by atoms with Gasteiger partial charge < -0.3 is 15.4 Å². The first-order valence-corrected chi connectivity index (χ1v) is 7.92. The molecule has 0 aromatic carbocycles. The van der Waals surface area contributed by atoms with Gasteiger partial charge in [-0.1, -0.05) is 0 Å². The first-order chi connectivity index (χ1) is 10.7. The minimum atomic E-state index is -0.532. The van der Waals surface area contributed by atoms with Crippen molar-refractivity contribution in [2.45, 2.75) is 59.6 Å². The van der Waals surface area contributed by atoms with Gasteiger partial charge in [-0.2, -0.15) is 5.10 Å². The van der Waals surface area contributed by atoms with Crippen LogP contribution in [0.2, 0.25) is 0 Å². The highest BCUT2D eigenvalue weighted by Crippen LogP contribution is 2.06. The van der Waals surface area contributed by atoms with Gasteiger partial charge in [0.2, 0.25) is 5.91 Å². The van der Waals surface area contributed by atoms with E-state index in [0.29, 0.717) is 6.54 Å². The molecule has 0 atom stereocenters. The summed E-state index contributed by atoms with van der Waals surface area (Å²) in [6, 6.07) is 2.03. The van der Waals surface area contributed by atoms with Crippen molar-refractivity contribution < 1.29 is 14.3 Å². The molecule has 0 radical (unpaired) electrons. The molecular weight excluding hydrogens is 296 g/mol. The van der Waals surface area contributed by atoms with Crippen LogP contribution in [0.1, 0.15) is 45.0 Å². The van der Waals surface area contributed by atoms with Crippen LogP contribution < -0.4 is 10.6 Å². The van der Waals surface area contributed by atoms with Crippen molar-refractivity contribution in [3.8, 4) is 0 Å².